The van der Waals surface area contributed by atoms with Crippen molar-refractivity contribution in [2.45, 2.75) is 51.9 Å². The minimum Gasteiger partial charge on any atom is -0.508 e. The fourth-order valence-corrected chi connectivity index (χ4v) is 4.13. The monoisotopic (exact) mass is 426 g/mol. The molecule has 0 spiro atoms. The molecule has 2 N–H and O–H groups in total. The van der Waals surface area contributed by atoms with Gasteiger partial charge in [-0.25, -0.2) is 0 Å². The van der Waals surface area contributed by atoms with Crippen LogP contribution in [0.25, 0.3) is 0 Å². The second kappa shape index (κ2) is 8.22. The molecule has 2 atom stereocenters. The third kappa shape index (κ3) is 4.52. The van der Waals surface area contributed by atoms with Crippen LogP contribution in [-0.4, -0.2) is 14.6 Å². The van der Waals surface area contributed by atoms with Gasteiger partial charge in [0.15, 0.2) is 0 Å². The maximum Gasteiger partial charge on any atom is 0.123 e. The van der Waals surface area contributed by atoms with Crippen LogP contribution in [0.5, 0.6) is 11.5 Å². The first-order valence-corrected chi connectivity index (χ1v) is 9.90. The molecular weight excluding hydrogens is 399 g/mol. The third-order valence-electron chi connectivity index (χ3n) is 4.77. The Kier molecular flexibility index (Phi) is 6.57. The molecule has 0 saturated heterocycles. The average molecular weight is 426 g/mol. The summed E-state index contributed by atoms with van der Waals surface area (Å²) in [5.41, 5.74) is 4.61. The van der Waals surface area contributed by atoms with E-state index in [0.717, 1.165) is 47.7 Å². The van der Waals surface area contributed by atoms with Crippen LogP contribution in [0.1, 0.15) is 56.6 Å². The van der Waals surface area contributed by atoms with Crippen molar-refractivity contribution >= 4 is 22.6 Å². The first-order chi connectivity index (χ1) is 10.9. The summed E-state index contributed by atoms with van der Waals surface area (Å²) in [6, 6.07) is 3.31. The number of allylic oxidation sites excluding steroid dienone is 3. The molecule has 0 radical (unpaired) electrons. The van der Waals surface area contributed by atoms with Crippen molar-refractivity contribution < 1.29 is 10.2 Å². The number of unbranched alkanes of at least 4 members (excludes halogenated alkanes) is 1. The summed E-state index contributed by atoms with van der Waals surface area (Å²) in [5.74, 6) is 0.893. The van der Waals surface area contributed by atoms with E-state index >= 15 is 0 Å². The van der Waals surface area contributed by atoms with E-state index in [4.69, 9.17) is 0 Å². The predicted molar refractivity (Wildman–Crippen MR) is 106 cm³/mol. The number of aryl methyl sites for hydroxylation is 1. The number of phenols is 2. The largest absolute Gasteiger partial charge is 0.508 e. The molecule has 0 fully saturated rings. The molecule has 23 heavy (non-hydrogen) atoms. The van der Waals surface area contributed by atoms with Crippen LogP contribution < -0.4 is 0 Å². The average Bonchev–Trinajstić information content (AvgIpc) is 2.46. The fraction of sp³-hybridized carbons (Fsp3) is 0.500. The summed E-state index contributed by atoms with van der Waals surface area (Å²) in [6.07, 6.45) is 7.59. The van der Waals surface area contributed by atoms with Crippen molar-refractivity contribution in [2.75, 3.05) is 4.43 Å². The summed E-state index contributed by atoms with van der Waals surface area (Å²) in [5, 5.41) is 20.5. The molecule has 3 heteroatoms. The smallest absolute Gasteiger partial charge is 0.123 e. The summed E-state index contributed by atoms with van der Waals surface area (Å²) >= 11 is 2.39. The topological polar surface area (TPSA) is 40.5 Å². The van der Waals surface area contributed by atoms with Crippen LogP contribution in [0.2, 0.25) is 0 Å². The summed E-state index contributed by atoms with van der Waals surface area (Å²) in [7, 11) is 0. The number of alkyl halides is 1. The Morgan fingerprint density at radius 3 is 2.70 bits per heavy atom. The highest BCUT2D eigenvalue weighted by molar-refractivity contribution is 14.1. The van der Waals surface area contributed by atoms with E-state index in [1.807, 2.05) is 6.07 Å². The lowest BCUT2D eigenvalue weighted by Gasteiger charge is -2.32. The van der Waals surface area contributed by atoms with Gasteiger partial charge in [-0.3, -0.25) is 0 Å². The van der Waals surface area contributed by atoms with Gasteiger partial charge in [0.25, 0.3) is 0 Å². The van der Waals surface area contributed by atoms with Gasteiger partial charge in [-0.1, -0.05) is 46.4 Å². The number of halogens is 1. The molecular formula is C20H27IO2. The van der Waals surface area contributed by atoms with Gasteiger partial charge in [-0.2, -0.15) is 0 Å². The highest BCUT2D eigenvalue weighted by Crippen LogP contribution is 2.45. The van der Waals surface area contributed by atoms with E-state index in [9.17, 15) is 10.2 Å². The number of rotatable bonds is 6. The van der Waals surface area contributed by atoms with Crippen LogP contribution in [0, 0.1) is 5.92 Å². The van der Waals surface area contributed by atoms with Crippen molar-refractivity contribution in [3.05, 3.63) is 47.1 Å². The molecule has 0 heterocycles. The highest BCUT2D eigenvalue weighted by atomic mass is 127. The van der Waals surface area contributed by atoms with Gasteiger partial charge < -0.3 is 10.2 Å². The minimum absolute atomic E-state index is 0.152. The van der Waals surface area contributed by atoms with Crippen LogP contribution in [0.3, 0.4) is 0 Å². The number of benzene rings is 1. The first-order valence-electron chi connectivity index (χ1n) is 8.37. The molecule has 1 aromatic carbocycles. The van der Waals surface area contributed by atoms with Crippen molar-refractivity contribution in [3.63, 3.8) is 0 Å². The zero-order chi connectivity index (χ0) is 17.0. The Balaban J connectivity index is 2.46. The summed E-state index contributed by atoms with van der Waals surface area (Å²) < 4.78 is 1.13. The Morgan fingerprint density at radius 2 is 2.04 bits per heavy atom. The maximum atomic E-state index is 10.5. The summed E-state index contributed by atoms with van der Waals surface area (Å²) in [4.78, 5) is 0. The van der Waals surface area contributed by atoms with E-state index in [1.165, 1.54) is 17.2 Å². The van der Waals surface area contributed by atoms with Crippen molar-refractivity contribution in [2.24, 2.45) is 5.92 Å². The van der Waals surface area contributed by atoms with Gasteiger partial charge in [0.1, 0.15) is 11.5 Å². The number of phenolic OH excluding ortho intramolecular Hbond substituents is 2. The molecule has 2 rings (SSSR count). The minimum atomic E-state index is 0.152. The number of aromatic hydroxyl groups is 2. The zero-order valence-corrected chi connectivity index (χ0v) is 16.3. The van der Waals surface area contributed by atoms with E-state index in [-0.39, 0.29) is 17.4 Å². The molecule has 1 aliphatic rings. The molecule has 1 aliphatic carbocycles. The standard InChI is InChI=1S/C20H27IO2/c1-13(2)17-8-7-14(3)10-18(17)20-15(6-4-5-9-21)11-16(22)12-19(20)23/h10-12,17-18,22-23H,1,4-9H2,2-3H3/t17-,18+/m1/s1. The lowest BCUT2D eigenvalue weighted by Crippen LogP contribution is -2.18. The van der Waals surface area contributed by atoms with Gasteiger partial charge in [0.05, 0.1) is 0 Å². The SMILES string of the molecule is C=C(C)[C@H]1CCC(C)=C[C@@H]1c1c(O)cc(O)cc1CCCCI. The van der Waals surface area contributed by atoms with Gasteiger partial charge in [-0.05, 0) is 67.9 Å². The van der Waals surface area contributed by atoms with E-state index in [0.29, 0.717) is 5.92 Å². The molecule has 0 saturated carbocycles. The highest BCUT2D eigenvalue weighted by Gasteiger charge is 2.29. The van der Waals surface area contributed by atoms with Gasteiger partial charge in [0, 0.05) is 17.5 Å². The van der Waals surface area contributed by atoms with E-state index in [1.54, 1.807) is 0 Å². The Morgan fingerprint density at radius 1 is 1.30 bits per heavy atom. The number of hydrogen-bond acceptors (Lipinski definition) is 2. The lowest BCUT2D eigenvalue weighted by atomic mass is 9.72. The van der Waals surface area contributed by atoms with Crippen molar-refractivity contribution in [1.29, 1.82) is 0 Å². The van der Waals surface area contributed by atoms with Gasteiger partial charge in [0.2, 0.25) is 0 Å². The molecule has 1 aromatic rings. The molecule has 0 aromatic heterocycles. The first kappa shape index (κ1) is 18.4. The van der Waals surface area contributed by atoms with Crippen LogP contribution >= 0.6 is 22.6 Å². The molecule has 0 unspecified atom stereocenters. The quantitative estimate of drug-likeness (QED) is 0.259. The molecule has 0 bridgehead atoms. The van der Waals surface area contributed by atoms with Crippen LogP contribution in [0.15, 0.2) is 35.9 Å². The van der Waals surface area contributed by atoms with Gasteiger partial charge >= 0.3 is 0 Å². The fourth-order valence-electron chi connectivity index (χ4n) is 3.59. The Labute approximate surface area is 153 Å². The van der Waals surface area contributed by atoms with Crippen molar-refractivity contribution in [1.82, 2.24) is 0 Å². The van der Waals surface area contributed by atoms with Crippen LogP contribution in [-0.2, 0) is 6.42 Å². The normalized spacial score (nSPS) is 21.1. The molecule has 2 nitrogen and oxygen atoms in total. The number of hydrogen-bond donors (Lipinski definition) is 2. The lowest BCUT2D eigenvalue weighted by molar-refractivity contribution is 0.423. The zero-order valence-electron chi connectivity index (χ0n) is 14.1. The van der Waals surface area contributed by atoms with Crippen molar-refractivity contribution in [3.8, 4) is 11.5 Å². The van der Waals surface area contributed by atoms with Gasteiger partial charge in [-0.15, -0.1) is 0 Å². The Hall–Kier alpha value is -0.970. The molecule has 126 valence electrons. The maximum absolute atomic E-state index is 10.5. The predicted octanol–water partition coefficient (Wildman–Crippen LogP) is 5.87. The second-order valence-electron chi connectivity index (χ2n) is 6.71. The second-order valence-corrected chi connectivity index (χ2v) is 7.79. The Bertz CT molecular complexity index is 604. The third-order valence-corrected chi connectivity index (χ3v) is 5.53. The van der Waals surface area contributed by atoms with E-state index < -0.39 is 0 Å². The summed E-state index contributed by atoms with van der Waals surface area (Å²) in [6.45, 7) is 8.41. The molecule has 0 aliphatic heterocycles. The molecule has 0 amide bonds. The van der Waals surface area contributed by atoms with E-state index in [2.05, 4.69) is 49.1 Å². The van der Waals surface area contributed by atoms with Crippen LogP contribution in [0.4, 0.5) is 0 Å².